The van der Waals surface area contributed by atoms with Gasteiger partial charge in [0.1, 0.15) is 6.61 Å². The normalized spacial score (nSPS) is 13.6. The monoisotopic (exact) mass is 275 g/mol. The minimum absolute atomic E-state index is 0.0446. The van der Waals surface area contributed by atoms with E-state index in [1.807, 2.05) is 26.0 Å². The lowest BCUT2D eigenvalue weighted by atomic mass is 10.0. The number of aryl methyl sites for hydroxylation is 2. The van der Waals surface area contributed by atoms with Gasteiger partial charge < -0.3 is 10.1 Å². The highest BCUT2D eigenvalue weighted by atomic mass is 19.4. The van der Waals surface area contributed by atoms with Crippen molar-refractivity contribution in [1.82, 2.24) is 5.32 Å². The molecule has 0 spiro atoms. The number of ether oxygens (including phenoxy) is 1. The quantitative estimate of drug-likeness (QED) is 0.861. The van der Waals surface area contributed by atoms with Crippen LogP contribution >= 0.6 is 0 Å². The van der Waals surface area contributed by atoms with Crippen LogP contribution in [0.3, 0.4) is 0 Å². The summed E-state index contributed by atoms with van der Waals surface area (Å²) in [6.45, 7) is 2.86. The number of benzene rings is 1. The summed E-state index contributed by atoms with van der Waals surface area (Å²) in [6.07, 6.45) is -3.62. The number of likely N-dealkylation sites (N-methyl/N-ethyl adjacent to an activating group) is 1. The van der Waals surface area contributed by atoms with Crippen LogP contribution < -0.4 is 5.32 Å². The summed E-state index contributed by atoms with van der Waals surface area (Å²) < 4.78 is 40.7. The van der Waals surface area contributed by atoms with Gasteiger partial charge in [0.2, 0.25) is 0 Å². The van der Waals surface area contributed by atoms with Crippen molar-refractivity contribution in [2.24, 2.45) is 0 Å². The van der Waals surface area contributed by atoms with Gasteiger partial charge in [-0.1, -0.05) is 29.3 Å². The number of nitrogens with one attached hydrogen (secondary N) is 1. The molecule has 0 aromatic heterocycles. The first kappa shape index (κ1) is 16.0. The molecular formula is C14H20F3NO. The van der Waals surface area contributed by atoms with Gasteiger partial charge in [-0.25, -0.2) is 0 Å². The van der Waals surface area contributed by atoms with Gasteiger partial charge in [-0.05, 0) is 32.9 Å². The van der Waals surface area contributed by atoms with Crippen molar-refractivity contribution >= 4 is 0 Å². The van der Waals surface area contributed by atoms with E-state index in [0.717, 1.165) is 16.7 Å². The standard InChI is InChI=1S/C14H20F3NO/c1-10-4-11(2)6-12(5-10)7-13(18-3)8-19-9-14(15,16)17/h4-6,13,18H,7-9H2,1-3H3. The Kier molecular flexibility index (Phi) is 5.82. The van der Waals surface area contributed by atoms with Gasteiger partial charge in [0.15, 0.2) is 0 Å². The van der Waals surface area contributed by atoms with Crippen LogP contribution in [0, 0.1) is 13.8 Å². The lowest BCUT2D eigenvalue weighted by Crippen LogP contribution is -2.34. The lowest BCUT2D eigenvalue weighted by molar-refractivity contribution is -0.175. The second-order valence-corrected chi connectivity index (χ2v) is 4.82. The molecule has 1 unspecified atom stereocenters. The first-order valence-corrected chi connectivity index (χ1v) is 6.19. The zero-order valence-electron chi connectivity index (χ0n) is 11.5. The first-order chi connectivity index (χ1) is 8.80. The summed E-state index contributed by atoms with van der Waals surface area (Å²) in [5.41, 5.74) is 3.41. The largest absolute Gasteiger partial charge is 0.411 e. The zero-order valence-corrected chi connectivity index (χ0v) is 11.5. The number of halogens is 3. The predicted molar refractivity (Wildman–Crippen MR) is 69.3 cm³/mol. The minimum Gasteiger partial charge on any atom is -0.370 e. The van der Waals surface area contributed by atoms with Crippen molar-refractivity contribution < 1.29 is 17.9 Å². The van der Waals surface area contributed by atoms with Crippen LogP contribution in [0.15, 0.2) is 18.2 Å². The second kappa shape index (κ2) is 6.91. The highest BCUT2D eigenvalue weighted by molar-refractivity contribution is 5.29. The number of hydrogen-bond donors (Lipinski definition) is 1. The third kappa shape index (κ3) is 6.59. The Morgan fingerprint density at radius 2 is 1.74 bits per heavy atom. The molecule has 0 bridgehead atoms. The fraction of sp³-hybridized carbons (Fsp3) is 0.571. The Bertz CT molecular complexity index is 384. The molecule has 19 heavy (non-hydrogen) atoms. The van der Waals surface area contributed by atoms with Crippen molar-refractivity contribution in [3.8, 4) is 0 Å². The maximum absolute atomic E-state index is 12.0. The number of hydrogen-bond acceptors (Lipinski definition) is 2. The maximum Gasteiger partial charge on any atom is 0.411 e. The van der Waals surface area contributed by atoms with Crippen molar-refractivity contribution in [1.29, 1.82) is 0 Å². The van der Waals surface area contributed by atoms with Crippen molar-refractivity contribution in [2.75, 3.05) is 20.3 Å². The SMILES string of the molecule is CNC(COCC(F)(F)F)Cc1cc(C)cc(C)c1. The second-order valence-electron chi connectivity index (χ2n) is 4.82. The third-order valence-corrected chi connectivity index (χ3v) is 2.76. The highest BCUT2D eigenvalue weighted by Crippen LogP contribution is 2.15. The van der Waals surface area contributed by atoms with Crippen LogP contribution in [0.5, 0.6) is 0 Å². The van der Waals surface area contributed by atoms with Crippen molar-refractivity contribution in [2.45, 2.75) is 32.5 Å². The first-order valence-electron chi connectivity index (χ1n) is 6.19. The summed E-state index contributed by atoms with van der Waals surface area (Å²) in [5.74, 6) is 0. The Morgan fingerprint density at radius 1 is 1.16 bits per heavy atom. The van der Waals surface area contributed by atoms with Crippen LogP contribution in [0.25, 0.3) is 0 Å². The van der Waals surface area contributed by atoms with E-state index in [1.54, 1.807) is 7.05 Å². The van der Waals surface area contributed by atoms with Gasteiger partial charge in [-0.15, -0.1) is 0 Å². The number of alkyl halides is 3. The summed E-state index contributed by atoms with van der Waals surface area (Å²) in [4.78, 5) is 0. The fourth-order valence-electron chi connectivity index (χ4n) is 2.03. The van der Waals surface area contributed by atoms with Gasteiger partial charge in [-0.2, -0.15) is 13.2 Å². The molecule has 1 N–H and O–H groups in total. The number of rotatable bonds is 6. The van der Waals surface area contributed by atoms with Crippen molar-refractivity contribution in [3.05, 3.63) is 34.9 Å². The van der Waals surface area contributed by atoms with Gasteiger partial charge in [0.25, 0.3) is 0 Å². The Balaban J connectivity index is 2.52. The van der Waals surface area contributed by atoms with Crippen LogP contribution in [0.1, 0.15) is 16.7 Å². The van der Waals surface area contributed by atoms with Gasteiger partial charge >= 0.3 is 6.18 Å². The molecule has 0 aliphatic heterocycles. The van der Waals surface area contributed by atoms with Gasteiger partial charge in [0.05, 0.1) is 6.61 Å². The molecule has 0 amide bonds. The van der Waals surface area contributed by atoms with E-state index >= 15 is 0 Å². The zero-order chi connectivity index (χ0) is 14.5. The average molecular weight is 275 g/mol. The molecule has 1 atom stereocenters. The van der Waals surface area contributed by atoms with E-state index in [4.69, 9.17) is 4.74 Å². The van der Waals surface area contributed by atoms with E-state index in [0.29, 0.717) is 6.42 Å². The molecule has 2 nitrogen and oxygen atoms in total. The summed E-state index contributed by atoms with van der Waals surface area (Å²) >= 11 is 0. The van der Waals surface area contributed by atoms with E-state index < -0.39 is 12.8 Å². The van der Waals surface area contributed by atoms with E-state index in [-0.39, 0.29) is 12.6 Å². The highest BCUT2D eigenvalue weighted by Gasteiger charge is 2.27. The molecule has 0 heterocycles. The van der Waals surface area contributed by atoms with E-state index in [2.05, 4.69) is 11.4 Å². The molecule has 1 aromatic carbocycles. The third-order valence-electron chi connectivity index (χ3n) is 2.76. The lowest BCUT2D eigenvalue weighted by Gasteiger charge is -2.18. The van der Waals surface area contributed by atoms with Gasteiger partial charge in [-0.3, -0.25) is 0 Å². The molecular weight excluding hydrogens is 255 g/mol. The molecule has 0 radical (unpaired) electrons. The van der Waals surface area contributed by atoms with E-state index in [9.17, 15) is 13.2 Å². The van der Waals surface area contributed by atoms with Crippen LogP contribution in [-0.4, -0.2) is 32.5 Å². The topological polar surface area (TPSA) is 21.3 Å². The molecule has 0 aliphatic carbocycles. The Morgan fingerprint density at radius 3 is 2.21 bits per heavy atom. The minimum atomic E-state index is -4.27. The molecule has 0 fully saturated rings. The van der Waals surface area contributed by atoms with Crippen LogP contribution in [0.2, 0.25) is 0 Å². The van der Waals surface area contributed by atoms with Crippen LogP contribution in [-0.2, 0) is 11.2 Å². The average Bonchev–Trinajstić information content (AvgIpc) is 2.24. The summed E-state index contributed by atoms with van der Waals surface area (Å²) in [5, 5.41) is 2.98. The molecule has 1 rings (SSSR count). The maximum atomic E-state index is 12.0. The van der Waals surface area contributed by atoms with Gasteiger partial charge in [0, 0.05) is 6.04 Å². The molecule has 5 heteroatoms. The summed E-state index contributed by atoms with van der Waals surface area (Å²) in [6, 6.07) is 6.03. The van der Waals surface area contributed by atoms with Crippen molar-refractivity contribution in [3.63, 3.8) is 0 Å². The predicted octanol–water partition coefficient (Wildman–Crippen LogP) is 3.01. The molecule has 1 aromatic rings. The summed E-state index contributed by atoms with van der Waals surface area (Å²) in [7, 11) is 1.73. The molecule has 0 saturated carbocycles. The molecule has 0 saturated heterocycles. The fourth-order valence-corrected chi connectivity index (χ4v) is 2.03. The Labute approximate surface area is 112 Å². The van der Waals surface area contributed by atoms with Crippen LogP contribution in [0.4, 0.5) is 13.2 Å². The van der Waals surface area contributed by atoms with E-state index in [1.165, 1.54) is 0 Å². The Hall–Kier alpha value is -1.07. The molecule has 0 aliphatic rings. The smallest absolute Gasteiger partial charge is 0.370 e. The molecule has 108 valence electrons.